The van der Waals surface area contributed by atoms with Crippen molar-refractivity contribution in [3.8, 4) is 11.6 Å². The molecule has 2 heterocycles. The first-order chi connectivity index (χ1) is 13.3. The summed E-state index contributed by atoms with van der Waals surface area (Å²) in [5, 5.41) is 14.2. The second-order valence-corrected chi connectivity index (χ2v) is 7.19. The van der Waals surface area contributed by atoms with Crippen LogP contribution in [0.25, 0.3) is 10.8 Å². The summed E-state index contributed by atoms with van der Waals surface area (Å²) in [6, 6.07) is 10.2. The van der Waals surface area contributed by atoms with E-state index in [4.69, 9.17) is 9.47 Å². The Labute approximate surface area is 163 Å². The number of nitrogens with zero attached hydrogens (tertiary/aromatic N) is 2. The highest BCUT2D eigenvalue weighted by atomic mass is 16.5. The summed E-state index contributed by atoms with van der Waals surface area (Å²) in [7, 11) is 0. The van der Waals surface area contributed by atoms with Crippen LogP contribution in [0.4, 0.5) is 5.69 Å². The lowest BCUT2D eigenvalue weighted by Crippen LogP contribution is -2.22. The van der Waals surface area contributed by atoms with Gasteiger partial charge >= 0.3 is 0 Å². The summed E-state index contributed by atoms with van der Waals surface area (Å²) in [5.74, 6) is -0.143. The third-order valence-electron chi connectivity index (χ3n) is 3.84. The zero-order valence-corrected chi connectivity index (χ0v) is 16.1. The van der Waals surface area contributed by atoms with Gasteiger partial charge in [0.15, 0.2) is 5.69 Å². The summed E-state index contributed by atoms with van der Waals surface area (Å²) < 4.78 is 11.4. The Morgan fingerprint density at radius 3 is 2.68 bits per heavy atom. The largest absolute Gasteiger partial charge is 0.505 e. The number of pyridine rings is 2. The average Bonchev–Trinajstić information content (AvgIpc) is 2.64. The van der Waals surface area contributed by atoms with Gasteiger partial charge < -0.3 is 19.9 Å². The average molecular weight is 381 g/mol. The number of carbonyl (C=O) groups excluding carboxylic acids is 1. The topological polar surface area (TPSA) is 93.6 Å². The van der Waals surface area contributed by atoms with E-state index in [2.05, 4.69) is 15.3 Å². The maximum atomic E-state index is 12.3. The quantitative estimate of drug-likeness (QED) is 0.631. The molecule has 0 fully saturated rings. The summed E-state index contributed by atoms with van der Waals surface area (Å²) in [4.78, 5) is 20.5. The van der Waals surface area contributed by atoms with Crippen molar-refractivity contribution in [2.24, 2.45) is 0 Å². The van der Waals surface area contributed by atoms with Crippen LogP contribution >= 0.6 is 0 Å². The van der Waals surface area contributed by atoms with E-state index < -0.39 is 5.91 Å². The Balaban J connectivity index is 1.72. The number of hydrogen-bond donors (Lipinski definition) is 2. The lowest BCUT2D eigenvalue weighted by Gasteiger charge is -2.19. The second kappa shape index (κ2) is 8.22. The lowest BCUT2D eigenvalue weighted by molar-refractivity contribution is -0.0166. The molecule has 0 aliphatic rings. The van der Waals surface area contributed by atoms with Gasteiger partial charge in [-0.2, -0.15) is 0 Å². The minimum Gasteiger partial charge on any atom is -0.505 e. The highest BCUT2D eigenvalue weighted by Crippen LogP contribution is 2.26. The van der Waals surface area contributed by atoms with Crippen LogP contribution in [0.5, 0.6) is 11.6 Å². The minimum atomic E-state index is -0.484. The SMILES string of the molecule is CC(C)(C)OCCOc1nccc2cc(NC(=O)c3ncccc3O)ccc12. The number of fused-ring (bicyclic) bond motifs is 1. The molecule has 2 N–H and O–H groups in total. The number of anilines is 1. The molecule has 0 radical (unpaired) electrons. The van der Waals surface area contributed by atoms with Gasteiger partial charge in [0.2, 0.25) is 5.88 Å². The summed E-state index contributed by atoms with van der Waals surface area (Å²) in [6.07, 6.45) is 3.10. The predicted octanol–water partition coefficient (Wildman–Crippen LogP) is 3.78. The van der Waals surface area contributed by atoms with Crippen molar-refractivity contribution in [2.75, 3.05) is 18.5 Å². The van der Waals surface area contributed by atoms with Gasteiger partial charge in [-0.15, -0.1) is 0 Å². The van der Waals surface area contributed by atoms with Crippen LogP contribution in [0.1, 0.15) is 31.3 Å². The molecule has 0 unspecified atom stereocenters. The molecule has 0 bridgehead atoms. The molecule has 3 aromatic rings. The van der Waals surface area contributed by atoms with Crippen molar-refractivity contribution in [1.82, 2.24) is 9.97 Å². The first-order valence-electron chi connectivity index (χ1n) is 8.94. The molecule has 0 saturated carbocycles. The third kappa shape index (κ3) is 4.95. The molecule has 0 atom stereocenters. The summed E-state index contributed by atoms with van der Waals surface area (Å²) in [5.41, 5.74) is 0.334. The van der Waals surface area contributed by atoms with Gasteiger partial charge in [-0.1, -0.05) is 0 Å². The van der Waals surface area contributed by atoms with Crippen LogP contribution < -0.4 is 10.1 Å². The van der Waals surface area contributed by atoms with Crippen LogP contribution in [0.3, 0.4) is 0 Å². The maximum absolute atomic E-state index is 12.3. The van der Waals surface area contributed by atoms with Gasteiger partial charge in [0.05, 0.1) is 12.2 Å². The molecule has 0 aliphatic carbocycles. The van der Waals surface area contributed by atoms with E-state index in [1.807, 2.05) is 39.0 Å². The van der Waals surface area contributed by atoms with Gasteiger partial charge in [0.1, 0.15) is 12.4 Å². The van der Waals surface area contributed by atoms with Gasteiger partial charge in [-0.05, 0) is 62.6 Å². The zero-order chi connectivity index (χ0) is 20.1. The zero-order valence-electron chi connectivity index (χ0n) is 16.1. The Morgan fingerprint density at radius 1 is 1.11 bits per heavy atom. The van der Waals surface area contributed by atoms with Crippen LogP contribution in [0, 0.1) is 0 Å². The van der Waals surface area contributed by atoms with E-state index >= 15 is 0 Å². The van der Waals surface area contributed by atoms with Crippen molar-refractivity contribution in [2.45, 2.75) is 26.4 Å². The molecule has 2 aromatic heterocycles. The van der Waals surface area contributed by atoms with Crippen LogP contribution in [-0.2, 0) is 4.74 Å². The number of carbonyl (C=O) groups is 1. The van der Waals surface area contributed by atoms with Crippen molar-refractivity contribution in [3.63, 3.8) is 0 Å². The van der Waals surface area contributed by atoms with Crippen molar-refractivity contribution in [3.05, 3.63) is 54.5 Å². The van der Waals surface area contributed by atoms with Gasteiger partial charge in [0, 0.05) is 23.5 Å². The Kier molecular flexibility index (Phi) is 5.75. The third-order valence-corrected chi connectivity index (χ3v) is 3.84. The molecular formula is C21H23N3O4. The summed E-state index contributed by atoms with van der Waals surface area (Å²) in [6.45, 7) is 6.82. The standard InChI is InChI=1S/C21H23N3O4/c1-21(2,3)28-12-11-27-20-16-7-6-15(13-14(16)8-10-23-20)24-19(26)18-17(25)5-4-9-22-18/h4-10,13,25H,11-12H2,1-3H3,(H,24,26). The number of aromatic nitrogens is 2. The van der Waals surface area contributed by atoms with E-state index in [1.54, 1.807) is 18.3 Å². The number of aromatic hydroxyl groups is 1. The molecular weight excluding hydrogens is 358 g/mol. The molecule has 1 amide bonds. The monoisotopic (exact) mass is 381 g/mol. The van der Waals surface area contributed by atoms with Crippen molar-refractivity contribution in [1.29, 1.82) is 0 Å². The summed E-state index contributed by atoms with van der Waals surface area (Å²) >= 11 is 0. The molecule has 0 saturated heterocycles. The fraction of sp³-hybridized carbons (Fsp3) is 0.286. The smallest absolute Gasteiger partial charge is 0.278 e. The predicted molar refractivity (Wildman–Crippen MR) is 107 cm³/mol. The van der Waals surface area contributed by atoms with E-state index in [0.717, 1.165) is 10.8 Å². The first-order valence-corrected chi connectivity index (χ1v) is 8.94. The van der Waals surface area contributed by atoms with Crippen LogP contribution in [0.15, 0.2) is 48.8 Å². The Morgan fingerprint density at radius 2 is 1.93 bits per heavy atom. The number of ether oxygens (including phenoxy) is 2. The molecule has 28 heavy (non-hydrogen) atoms. The molecule has 146 valence electrons. The maximum Gasteiger partial charge on any atom is 0.278 e. The lowest BCUT2D eigenvalue weighted by atomic mass is 10.1. The highest BCUT2D eigenvalue weighted by Gasteiger charge is 2.13. The number of amides is 1. The Hall–Kier alpha value is -3.19. The normalized spacial score (nSPS) is 11.4. The van der Waals surface area contributed by atoms with E-state index in [0.29, 0.717) is 24.8 Å². The molecule has 0 aliphatic heterocycles. The van der Waals surface area contributed by atoms with Crippen LogP contribution in [-0.4, -0.2) is 39.8 Å². The molecule has 7 nitrogen and oxygen atoms in total. The number of benzene rings is 1. The Bertz CT molecular complexity index is 983. The molecule has 7 heteroatoms. The second-order valence-electron chi connectivity index (χ2n) is 7.19. The minimum absolute atomic E-state index is 0.0276. The van der Waals surface area contributed by atoms with Crippen LogP contribution in [0.2, 0.25) is 0 Å². The van der Waals surface area contributed by atoms with Gasteiger partial charge in [-0.3, -0.25) is 4.79 Å². The number of hydrogen-bond acceptors (Lipinski definition) is 6. The van der Waals surface area contributed by atoms with Crippen molar-refractivity contribution >= 4 is 22.4 Å². The fourth-order valence-corrected chi connectivity index (χ4v) is 2.59. The first kappa shape index (κ1) is 19.6. The fourth-order valence-electron chi connectivity index (χ4n) is 2.59. The van der Waals surface area contributed by atoms with E-state index in [-0.39, 0.29) is 17.0 Å². The number of nitrogens with one attached hydrogen (secondary N) is 1. The highest BCUT2D eigenvalue weighted by molar-refractivity contribution is 6.05. The van der Waals surface area contributed by atoms with Gasteiger partial charge in [-0.25, -0.2) is 9.97 Å². The van der Waals surface area contributed by atoms with E-state index in [1.165, 1.54) is 12.3 Å². The molecule has 0 spiro atoms. The van der Waals surface area contributed by atoms with Crippen molar-refractivity contribution < 1.29 is 19.4 Å². The van der Waals surface area contributed by atoms with Gasteiger partial charge in [0.25, 0.3) is 5.91 Å². The number of rotatable bonds is 6. The molecule has 3 rings (SSSR count). The molecule has 1 aromatic carbocycles. The van der Waals surface area contributed by atoms with E-state index in [9.17, 15) is 9.90 Å².